The van der Waals surface area contributed by atoms with Crippen LogP contribution in [0.15, 0.2) is 47.3 Å². The van der Waals surface area contributed by atoms with Crippen molar-refractivity contribution in [1.82, 2.24) is 9.78 Å². The molecule has 0 saturated heterocycles. The second-order valence-electron chi connectivity index (χ2n) is 5.63. The Morgan fingerprint density at radius 2 is 1.89 bits per heavy atom. The quantitative estimate of drug-likeness (QED) is 0.492. The van der Waals surface area contributed by atoms with Crippen LogP contribution in [0, 0.1) is 10.1 Å². The maximum absolute atomic E-state index is 12.5. The first-order valence-corrected chi connectivity index (χ1v) is 8.12. The minimum absolute atomic E-state index is 0.0202. The van der Waals surface area contributed by atoms with Crippen molar-refractivity contribution in [3.8, 4) is 0 Å². The smallest absolute Gasteiger partial charge is 0.357 e. The van der Waals surface area contributed by atoms with E-state index in [1.807, 2.05) is 0 Å². The predicted octanol–water partition coefficient (Wildman–Crippen LogP) is 2.29. The van der Waals surface area contributed by atoms with E-state index in [4.69, 9.17) is 11.6 Å². The summed E-state index contributed by atoms with van der Waals surface area (Å²) in [6.45, 7) is -0.608. The zero-order valence-electron chi connectivity index (χ0n) is 14.0. The summed E-state index contributed by atoms with van der Waals surface area (Å²) in [5.74, 6) is -2.12. The van der Waals surface area contributed by atoms with E-state index in [0.29, 0.717) is 4.68 Å². The van der Waals surface area contributed by atoms with E-state index in [9.17, 15) is 29.6 Å². The first-order valence-electron chi connectivity index (χ1n) is 7.75. The number of carboxylic acids is 1. The van der Waals surface area contributed by atoms with Crippen molar-refractivity contribution in [1.29, 1.82) is 0 Å². The number of hydrogen-bond donors (Lipinski definition) is 2. The third-order valence-corrected chi connectivity index (χ3v) is 4.13. The number of hydrogen-bond acceptors (Lipinski definition) is 6. The molecule has 0 radical (unpaired) electrons. The molecular weight excluding hydrogens is 392 g/mol. The van der Waals surface area contributed by atoms with E-state index >= 15 is 0 Å². The highest BCUT2D eigenvalue weighted by Crippen LogP contribution is 2.26. The van der Waals surface area contributed by atoms with Gasteiger partial charge in [0.2, 0.25) is 5.91 Å². The van der Waals surface area contributed by atoms with Gasteiger partial charge in [-0.25, -0.2) is 9.48 Å². The molecule has 2 N–H and O–H groups in total. The van der Waals surface area contributed by atoms with Gasteiger partial charge >= 0.3 is 5.97 Å². The lowest BCUT2D eigenvalue weighted by Gasteiger charge is -2.10. The molecule has 0 fully saturated rings. The van der Waals surface area contributed by atoms with Gasteiger partial charge in [0.05, 0.1) is 21.0 Å². The van der Waals surface area contributed by atoms with Gasteiger partial charge < -0.3 is 10.4 Å². The summed E-state index contributed by atoms with van der Waals surface area (Å²) in [4.78, 5) is 46.5. The van der Waals surface area contributed by atoms with Crippen LogP contribution in [0.3, 0.4) is 0 Å². The fraction of sp³-hybridized carbons (Fsp3) is 0.0588. The Labute approximate surface area is 161 Å². The number of nitro groups is 1. The number of halogens is 1. The number of rotatable bonds is 5. The maximum atomic E-state index is 12.5. The van der Waals surface area contributed by atoms with Crippen LogP contribution in [0.1, 0.15) is 10.5 Å². The second kappa shape index (κ2) is 7.45. The highest BCUT2D eigenvalue weighted by atomic mass is 35.5. The van der Waals surface area contributed by atoms with Crippen molar-refractivity contribution in [2.75, 3.05) is 5.32 Å². The summed E-state index contributed by atoms with van der Waals surface area (Å²) >= 11 is 5.92. The van der Waals surface area contributed by atoms with Crippen molar-refractivity contribution in [2.45, 2.75) is 6.54 Å². The molecule has 10 nitrogen and oxygen atoms in total. The van der Waals surface area contributed by atoms with Gasteiger partial charge in [-0.15, -0.1) is 0 Å². The zero-order valence-corrected chi connectivity index (χ0v) is 14.7. The Morgan fingerprint density at radius 3 is 2.54 bits per heavy atom. The standard InChI is InChI=1S/C17H11ClN4O6/c18-12-6-5-9(22(27)28)7-13(12)19-14(23)8-21-16(24)11-4-2-1-3-10(11)15(20-21)17(25)26/h1-7H,8H2,(H,19,23)(H,25,26). The normalized spacial score (nSPS) is 10.6. The van der Waals surface area contributed by atoms with Crippen LogP contribution in [-0.2, 0) is 11.3 Å². The molecule has 0 atom stereocenters. The summed E-state index contributed by atoms with van der Waals surface area (Å²) in [7, 11) is 0. The fourth-order valence-corrected chi connectivity index (χ4v) is 2.71. The Balaban J connectivity index is 1.95. The van der Waals surface area contributed by atoms with E-state index in [1.54, 1.807) is 12.1 Å². The Bertz CT molecular complexity index is 1190. The molecule has 2 aromatic carbocycles. The Hall–Kier alpha value is -3.79. The third kappa shape index (κ3) is 3.67. The highest BCUT2D eigenvalue weighted by molar-refractivity contribution is 6.33. The minimum Gasteiger partial charge on any atom is -0.476 e. The van der Waals surface area contributed by atoms with Gasteiger partial charge in [-0.3, -0.25) is 19.7 Å². The maximum Gasteiger partial charge on any atom is 0.357 e. The van der Waals surface area contributed by atoms with Gasteiger partial charge in [0.1, 0.15) is 6.54 Å². The first-order chi connectivity index (χ1) is 13.3. The highest BCUT2D eigenvalue weighted by Gasteiger charge is 2.18. The largest absolute Gasteiger partial charge is 0.476 e. The molecule has 0 bridgehead atoms. The topological polar surface area (TPSA) is 144 Å². The van der Waals surface area contributed by atoms with Crippen molar-refractivity contribution in [2.24, 2.45) is 0 Å². The number of nitrogens with zero attached hydrogens (tertiary/aromatic N) is 3. The van der Waals surface area contributed by atoms with Crippen LogP contribution in [-0.4, -0.2) is 31.7 Å². The number of carboxylic acid groups (broad SMARTS) is 1. The van der Waals surface area contributed by atoms with Crippen LogP contribution < -0.4 is 10.9 Å². The van der Waals surface area contributed by atoms with Crippen LogP contribution in [0.4, 0.5) is 11.4 Å². The molecule has 1 heterocycles. The molecule has 11 heteroatoms. The first kappa shape index (κ1) is 19.0. The number of amides is 1. The monoisotopic (exact) mass is 402 g/mol. The number of non-ortho nitro benzene ring substituents is 1. The van der Waals surface area contributed by atoms with Crippen LogP contribution in [0.25, 0.3) is 10.8 Å². The molecule has 28 heavy (non-hydrogen) atoms. The second-order valence-corrected chi connectivity index (χ2v) is 6.04. The molecule has 142 valence electrons. The number of anilines is 1. The molecule has 0 saturated carbocycles. The number of aromatic carboxylic acids is 1. The van der Waals surface area contributed by atoms with Crippen molar-refractivity contribution in [3.05, 3.63) is 73.6 Å². The van der Waals surface area contributed by atoms with Crippen LogP contribution >= 0.6 is 11.6 Å². The number of nitrogens with one attached hydrogen (secondary N) is 1. The molecule has 0 aliphatic carbocycles. The Kier molecular flexibility index (Phi) is 5.05. The molecule has 3 rings (SSSR count). The molecule has 3 aromatic rings. The van der Waals surface area contributed by atoms with E-state index in [-0.39, 0.29) is 32.9 Å². The lowest BCUT2D eigenvalue weighted by molar-refractivity contribution is -0.384. The van der Waals surface area contributed by atoms with Gasteiger partial charge in [-0.05, 0) is 12.1 Å². The molecule has 0 unspecified atom stereocenters. The van der Waals surface area contributed by atoms with E-state index in [2.05, 4.69) is 10.4 Å². The number of fused-ring (bicyclic) bond motifs is 1. The van der Waals surface area contributed by atoms with E-state index in [0.717, 1.165) is 6.07 Å². The zero-order chi connectivity index (χ0) is 20.4. The number of benzene rings is 2. The average Bonchev–Trinajstić information content (AvgIpc) is 2.65. The Morgan fingerprint density at radius 1 is 1.21 bits per heavy atom. The summed E-state index contributed by atoms with van der Waals surface area (Å²) < 4.78 is 0.715. The average molecular weight is 403 g/mol. The predicted molar refractivity (Wildman–Crippen MR) is 99.7 cm³/mol. The van der Waals surface area contributed by atoms with E-state index < -0.39 is 28.9 Å². The molecule has 0 aliphatic heterocycles. The van der Waals surface area contributed by atoms with Gasteiger partial charge in [0, 0.05) is 17.5 Å². The summed E-state index contributed by atoms with van der Waals surface area (Å²) in [6, 6.07) is 9.49. The third-order valence-electron chi connectivity index (χ3n) is 3.80. The van der Waals surface area contributed by atoms with Gasteiger partial charge in [-0.2, -0.15) is 5.10 Å². The van der Waals surface area contributed by atoms with Crippen molar-refractivity contribution < 1.29 is 19.6 Å². The summed E-state index contributed by atoms with van der Waals surface area (Å²) in [5.41, 5.74) is -1.33. The lowest BCUT2D eigenvalue weighted by Crippen LogP contribution is -2.31. The van der Waals surface area contributed by atoms with E-state index in [1.165, 1.54) is 24.3 Å². The van der Waals surface area contributed by atoms with Gasteiger partial charge in [0.15, 0.2) is 5.69 Å². The molecule has 0 spiro atoms. The number of carbonyl (C=O) groups is 2. The summed E-state index contributed by atoms with van der Waals surface area (Å²) in [6.07, 6.45) is 0. The molecule has 1 amide bonds. The lowest BCUT2D eigenvalue weighted by atomic mass is 10.1. The molecule has 1 aromatic heterocycles. The fourth-order valence-electron chi connectivity index (χ4n) is 2.55. The van der Waals surface area contributed by atoms with Crippen molar-refractivity contribution >= 4 is 45.6 Å². The summed E-state index contributed by atoms with van der Waals surface area (Å²) in [5, 5.41) is 26.6. The van der Waals surface area contributed by atoms with Gasteiger partial charge in [-0.1, -0.05) is 29.8 Å². The minimum atomic E-state index is -1.35. The van der Waals surface area contributed by atoms with Crippen molar-refractivity contribution in [3.63, 3.8) is 0 Å². The SMILES string of the molecule is O=C(Cn1nc(C(=O)O)c2ccccc2c1=O)Nc1cc([N+](=O)[O-])ccc1Cl. The van der Waals surface area contributed by atoms with Gasteiger partial charge in [0.25, 0.3) is 11.2 Å². The molecule has 0 aliphatic rings. The number of carbonyl (C=O) groups excluding carboxylic acids is 1. The number of aromatic nitrogens is 2. The number of nitro benzene ring substituents is 1. The van der Waals surface area contributed by atoms with Crippen LogP contribution in [0.5, 0.6) is 0 Å². The van der Waals surface area contributed by atoms with Crippen LogP contribution in [0.2, 0.25) is 5.02 Å². The molecular formula is C17H11ClN4O6.